The van der Waals surface area contributed by atoms with Crippen molar-refractivity contribution in [3.8, 4) is 23.0 Å². The number of piperazine rings is 1. The standard InChI is InChI=1S/C31H36N8O3/c1-37-13-15-38(16-14-37)12-11-21-3-7-24(8-4-21)34-30(40)27-19-39(36-29(27)32)31-33-18-23-6-5-22-17-25(42-20-41-2)9-10-26(22)28(23)35-31/h3-4,7-10,17-19H,5-6,11-16,20H2,1-2H3,(H2,32,36)(H,34,40). The number of hydrogen-bond donors (Lipinski definition) is 2. The summed E-state index contributed by atoms with van der Waals surface area (Å²) in [4.78, 5) is 27.3. The van der Waals surface area contributed by atoms with Crippen molar-refractivity contribution in [1.29, 1.82) is 0 Å². The summed E-state index contributed by atoms with van der Waals surface area (Å²) in [5.74, 6) is 0.870. The first kappa shape index (κ1) is 27.8. The molecule has 0 bridgehead atoms. The molecule has 1 amide bonds. The predicted molar refractivity (Wildman–Crippen MR) is 161 cm³/mol. The molecule has 3 N–H and O–H groups in total. The number of aryl methyl sites for hydroxylation is 2. The lowest BCUT2D eigenvalue weighted by atomic mass is 9.90. The van der Waals surface area contributed by atoms with Crippen molar-refractivity contribution in [3.63, 3.8) is 0 Å². The Morgan fingerprint density at radius 2 is 1.83 bits per heavy atom. The second-order valence-corrected chi connectivity index (χ2v) is 10.8. The molecule has 218 valence electrons. The molecule has 1 aliphatic heterocycles. The molecule has 3 heterocycles. The summed E-state index contributed by atoms with van der Waals surface area (Å²) < 4.78 is 12.1. The van der Waals surface area contributed by atoms with Gasteiger partial charge in [0.2, 0.25) is 0 Å². The number of amides is 1. The largest absolute Gasteiger partial charge is 0.468 e. The van der Waals surface area contributed by atoms with Crippen LogP contribution in [0.15, 0.2) is 54.9 Å². The molecule has 1 aliphatic carbocycles. The van der Waals surface area contributed by atoms with Crippen LogP contribution in [-0.2, 0) is 24.0 Å². The Kier molecular flexibility index (Phi) is 8.13. The molecular formula is C31H36N8O3. The summed E-state index contributed by atoms with van der Waals surface area (Å²) in [6.07, 6.45) is 6.05. The minimum Gasteiger partial charge on any atom is -0.468 e. The van der Waals surface area contributed by atoms with E-state index in [0.717, 1.165) is 80.1 Å². The van der Waals surface area contributed by atoms with Crippen LogP contribution in [0.25, 0.3) is 17.2 Å². The van der Waals surface area contributed by atoms with Gasteiger partial charge in [-0.3, -0.25) is 4.79 Å². The van der Waals surface area contributed by atoms with Gasteiger partial charge in [0.1, 0.15) is 11.3 Å². The molecule has 2 aliphatic rings. The summed E-state index contributed by atoms with van der Waals surface area (Å²) in [5.41, 5.74) is 12.4. The lowest BCUT2D eigenvalue weighted by molar-refractivity contribution is 0.0511. The van der Waals surface area contributed by atoms with Gasteiger partial charge in [-0.25, -0.2) is 14.6 Å². The molecule has 1 fully saturated rings. The maximum atomic E-state index is 13.1. The molecule has 11 nitrogen and oxygen atoms in total. The summed E-state index contributed by atoms with van der Waals surface area (Å²) in [5, 5.41) is 7.29. The number of nitrogens with zero attached hydrogens (tertiary/aromatic N) is 6. The third-order valence-electron chi connectivity index (χ3n) is 7.91. The first-order valence-electron chi connectivity index (χ1n) is 14.2. The van der Waals surface area contributed by atoms with Crippen molar-refractivity contribution >= 4 is 17.4 Å². The van der Waals surface area contributed by atoms with Crippen LogP contribution in [0.4, 0.5) is 11.5 Å². The van der Waals surface area contributed by atoms with Gasteiger partial charge in [-0.15, -0.1) is 5.10 Å². The molecule has 0 atom stereocenters. The number of rotatable bonds is 9. The number of nitrogens with two attached hydrogens (primary N) is 1. The normalized spacial score (nSPS) is 15.2. The number of aromatic nitrogens is 4. The van der Waals surface area contributed by atoms with E-state index in [2.05, 4.69) is 44.4 Å². The van der Waals surface area contributed by atoms with Crippen LogP contribution in [0.5, 0.6) is 5.75 Å². The van der Waals surface area contributed by atoms with Gasteiger partial charge in [-0.05, 0) is 73.3 Å². The van der Waals surface area contributed by atoms with Gasteiger partial charge in [0.15, 0.2) is 12.6 Å². The third-order valence-corrected chi connectivity index (χ3v) is 7.91. The molecule has 0 unspecified atom stereocenters. The number of carbonyl (C=O) groups is 1. The minimum atomic E-state index is -0.337. The first-order chi connectivity index (χ1) is 20.5. The molecular weight excluding hydrogens is 532 g/mol. The summed E-state index contributed by atoms with van der Waals surface area (Å²) in [6.45, 7) is 5.67. The molecule has 4 aromatic rings. The smallest absolute Gasteiger partial charge is 0.261 e. The van der Waals surface area contributed by atoms with E-state index < -0.39 is 0 Å². The van der Waals surface area contributed by atoms with Crippen molar-refractivity contribution in [2.24, 2.45) is 0 Å². The Morgan fingerprint density at radius 3 is 2.62 bits per heavy atom. The molecule has 11 heteroatoms. The summed E-state index contributed by atoms with van der Waals surface area (Å²) in [6, 6.07) is 13.9. The van der Waals surface area contributed by atoms with Crippen molar-refractivity contribution in [3.05, 3.63) is 77.1 Å². The van der Waals surface area contributed by atoms with Gasteiger partial charge in [-0.2, -0.15) is 0 Å². The Hall–Kier alpha value is -4.32. The summed E-state index contributed by atoms with van der Waals surface area (Å²) >= 11 is 0. The number of hydrogen-bond acceptors (Lipinski definition) is 9. The van der Waals surface area contributed by atoms with Crippen LogP contribution in [-0.4, -0.2) is 89.1 Å². The highest BCUT2D eigenvalue weighted by Gasteiger charge is 2.22. The molecule has 0 radical (unpaired) electrons. The minimum absolute atomic E-state index is 0.109. The highest BCUT2D eigenvalue weighted by molar-refractivity contribution is 6.07. The maximum absolute atomic E-state index is 13.1. The van der Waals surface area contributed by atoms with E-state index >= 15 is 0 Å². The fourth-order valence-electron chi connectivity index (χ4n) is 5.39. The fraction of sp³-hybridized carbons (Fsp3) is 0.355. The quantitative estimate of drug-likeness (QED) is 0.293. The second kappa shape index (κ2) is 12.3. The number of nitrogens with one attached hydrogen (secondary N) is 1. The molecule has 1 saturated heterocycles. The zero-order valence-electron chi connectivity index (χ0n) is 24.0. The Morgan fingerprint density at radius 1 is 1.05 bits per heavy atom. The summed E-state index contributed by atoms with van der Waals surface area (Å²) in [7, 11) is 3.76. The number of ether oxygens (including phenoxy) is 2. The van der Waals surface area contributed by atoms with E-state index in [-0.39, 0.29) is 24.1 Å². The van der Waals surface area contributed by atoms with Crippen molar-refractivity contribution in [2.75, 3.05) is 64.7 Å². The van der Waals surface area contributed by atoms with E-state index in [1.807, 2.05) is 36.5 Å². The maximum Gasteiger partial charge on any atom is 0.261 e. The number of likely N-dealkylation sites (N-methyl/N-ethyl adjacent to an activating group) is 1. The van der Waals surface area contributed by atoms with E-state index in [4.69, 9.17) is 20.2 Å². The lowest BCUT2D eigenvalue weighted by Crippen LogP contribution is -2.45. The zero-order valence-corrected chi connectivity index (χ0v) is 24.0. The van der Waals surface area contributed by atoms with Crippen molar-refractivity contribution in [1.82, 2.24) is 29.5 Å². The van der Waals surface area contributed by atoms with Crippen LogP contribution >= 0.6 is 0 Å². The van der Waals surface area contributed by atoms with E-state index in [1.54, 1.807) is 13.3 Å². The highest BCUT2D eigenvalue weighted by Crippen LogP contribution is 2.34. The molecule has 0 saturated carbocycles. The number of methoxy groups -OCH3 is 1. The zero-order chi connectivity index (χ0) is 29.1. The predicted octanol–water partition coefficient (Wildman–Crippen LogP) is 3.04. The number of benzene rings is 2. The first-order valence-corrected chi connectivity index (χ1v) is 14.2. The van der Waals surface area contributed by atoms with Crippen LogP contribution in [0.2, 0.25) is 0 Å². The molecule has 6 rings (SSSR count). The molecule has 2 aromatic carbocycles. The second-order valence-electron chi connectivity index (χ2n) is 10.8. The van der Waals surface area contributed by atoms with Gasteiger partial charge in [0.25, 0.3) is 11.9 Å². The fourth-order valence-corrected chi connectivity index (χ4v) is 5.39. The average molecular weight is 569 g/mol. The van der Waals surface area contributed by atoms with E-state index in [1.165, 1.54) is 10.2 Å². The van der Waals surface area contributed by atoms with Crippen LogP contribution in [0.3, 0.4) is 0 Å². The molecule has 2 aromatic heterocycles. The van der Waals surface area contributed by atoms with Crippen LogP contribution in [0.1, 0.15) is 27.0 Å². The number of anilines is 2. The van der Waals surface area contributed by atoms with Crippen LogP contribution in [0, 0.1) is 0 Å². The monoisotopic (exact) mass is 568 g/mol. The van der Waals surface area contributed by atoms with Gasteiger partial charge in [0.05, 0.1) is 5.69 Å². The van der Waals surface area contributed by atoms with Crippen molar-refractivity contribution in [2.45, 2.75) is 19.3 Å². The topological polar surface area (TPSA) is 124 Å². The number of nitrogen functional groups attached to an aromatic ring is 1. The van der Waals surface area contributed by atoms with Gasteiger partial charge in [0, 0.05) is 63.5 Å². The number of carbonyl (C=O) groups excluding carboxylic acids is 1. The van der Waals surface area contributed by atoms with Crippen LogP contribution < -0.4 is 15.8 Å². The van der Waals surface area contributed by atoms with Gasteiger partial charge < -0.3 is 30.3 Å². The Labute approximate surface area is 245 Å². The third kappa shape index (κ3) is 6.13. The van der Waals surface area contributed by atoms with Gasteiger partial charge in [-0.1, -0.05) is 12.1 Å². The highest BCUT2D eigenvalue weighted by atomic mass is 16.7. The molecule has 0 spiro atoms. The van der Waals surface area contributed by atoms with E-state index in [9.17, 15) is 4.79 Å². The molecule has 42 heavy (non-hydrogen) atoms. The average Bonchev–Trinajstić information content (AvgIpc) is 3.41. The Balaban J connectivity index is 1.12. The Bertz CT molecular complexity index is 1560. The SMILES string of the molecule is COCOc1ccc2c(c1)CCc1cnc(-n3cc(C(=O)Nc4ccc(CCN5CCN(C)CC5)cc4)c(N)n3)nc1-2. The van der Waals surface area contributed by atoms with E-state index in [0.29, 0.717) is 11.6 Å². The number of fused-ring (bicyclic) bond motifs is 3. The lowest BCUT2D eigenvalue weighted by Gasteiger charge is -2.32. The van der Waals surface area contributed by atoms with Gasteiger partial charge >= 0.3 is 0 Å². The van der Waals surface area contributed by atoms with Crippen molar-refractivity contribution < 1.29 is 14.3 Å².